The lowest BCUT2D eigenvalue weighted by Crippen LogP contribution is -2.44. The molecule has 5 heteroatoms. The van der Waals surface area contributed by atoms with Gasteiger partial charge in [0.2, 0.25) is 0 Å². The Hall–Kier alpha value is -0.910. The second-order valence-electron chi connectivity index (χ2n) is 7.20. The van der Waals surface area contributed by atoms with Crippen molar-refractivity contribution in [1.82, 2.24) is 20.0 Å². The second-order valence-corrected chi connectivity index (χ2v) is 7.20. The molecule has 1 aromatic heterocycles. The molecule has 1 aromatic rings. The Kier molecular flexibility index (Phi) is 6.08. The minimum absolute atomic E-state index is 0.691. The highest BCUT2D eigenvalue weighted by molar-refractivity contribution is 5.22. The first-order chi connectivity index (χ1) is 11.3. The highest BCUT2D eigenvalue weighted by Crippen LogP contribution is 2.36. The fraction of sp³-hybridized carbons (Fsp3) is 0.833. The quantitative estimate of drug-likeness (QED) is 0.875. The number of hydrogen-bond acceptors (Lipinski definition) is 4. The third kappa shape index (κ3) is 4.34. The molecule has 1 N–H and O–H groups in total. The van der Waals surface area contributed by atoms with Crippen molar-refractivity contribution in [1.29, 1.82) is 0 Å². The third-order valence-corrected chi connectivity index (χ3v) is 5.48. The summed E-state index contributed by atoms with van der Waals surface area (Å²) >= 11 is 0. The van der Waals surface area contributed by atoms with Crippen LogP contribution in [0.15, 0.2) is 6.20 Å². The zero-order valence-corrected chi connectivity index (χ0v) is 14.8. The molecule has 0 amide bonds. The first kappa shape index (κ1) is 16.9. The van der Waals surface area contributed by atoms with Crippen LogP contribution in [0.5, 0.6) is 0 Å². The van der Waals surface area contributed by atoms with E-state index in [9.17, 15) is 0 Å². The highest BCUT2D eigenvalue weighted by Gasteiger charge is 2.29. The fourth-order valence-corrected chi connectivity index (χ4v) is 4.23. The number of nitrogens with zero attached hydrogens (tertiary/aromatic N) is 3. The van der Waals surface area contributed by atoms with Crippen molar-refractivity contribution in [3.8, 4) is 0 Å². The average Bonchev–Trinajstić information content (AvgIpc) is 3.04. The molecule has 0 radical (unpaired) electrons. The molecule has 130 valence electrons. The number of ether oxygens (including phenoxy) is 1. The van der Waals surface area contributed by atoms with Crippen LogP contribution in [-0.4, -0.2) is 65.9 Å². The Morgan fingerprint density at radius 2 is 2.00 bits per heavy atom. The monoisotopic (exact) mass is 320 g/mol. The van der Waals surface area contributed by atoms with Crippen molar-refractivity contribution < 1.29 is 4.74 Å². The zero-order chi connectivity index (χ0) is 16.1. The molecular weight excluding hydrogens is 288 g/mol. The molecule has 23 heavy (non-hydrogen) atoms. The van der Waals surface area contributed by atoms with E-state index in [-0.39, 0.29) is 0 Å². The van der Waals surface area contributed by atoms with Crippen LogP contribution in [0, 0.1) is 0 Å². The Bertz CT molecular complexity index is 461. The topological polar surface area (TPSA) is 44.4 Å². The first-order valence-corrected chi connectivity index (χ1v) is 9.30. The Morgan fingerprint density at radius 1 is 1.26 bits per heavy atom. The average molecular weight is 320 g/mol. The third-order valence-electron chi connectivity index (χ3n) is 5.48. The summed E-state index contributed by atoms with van der Waals surface area (Å²) in [6.45, 7) is 8.43. The Balaban J connectivity index is 1.54. The van der Waals surface area contributed by atoms with E-state index in [0.29, 0.717) is 5.92 Å². The van der Waals surface area contributed by atoms with E-state index in [4.69, 9.17) is 4.74 Å². The molecule has 0 spiro atoms. The van der Waals surface area contributed by atoms with Crippen molar-refractivity contribution in [2.45, 2.75) is 57.5 Å². The summed E-state index contributed by atoms with van der Waals surface area (Å²) in [7, 11) is 2.20. The second kappa shape index (κ2) is 8.27. The molecule has 2 aliphatic rings. The molecule has 3 rings (SSSR count). The van der Waals surface area contributed by atoms with Crippen LogP contribution in [0.1, 0.15) is 56.2 Å². The maximum Gasteiger partial charge on any atom is 0.0594 e. The predicted molar refractivity (Wildman–Crippen MR) is 92.6 cm³/mol. The van der Waals surface area contributed by atoms with Gasteiger partial charge in [-0.3, -0.25) is 10.00 Å². The van der Waals surface area contributed by atoms with Gasteiger partial charge in [0.25, 0.3) is 0 Å². The summed E-state index contributed by atoms with van der Waals surface area (Å²) in [6.07, 6.45) is 8.51. The van der Waals surface area contributed by atoms with Crippen molar-refractivity contribution in [3.63, 3.8) is 0 Å². The summed E-state index contributed by atoms with van der Waals surface area (Å²) in [5.41, 5.74) is 2.80. The largest absolute Gasteiger partial charge is 0.379 e. The van der Waals surface area contributed by atoms with Gasteiger partial charge < -0.3 is 9.64 Å². The predicted octanol–water partition coefficient (Wildman–Crippen LogP) is 2.61. The van der Waals surface area contributed by atoms with E-state index < -0.39 is 0 Å². The van der Waals surface area contributed by atoms with Crippen molar-refractivity contribution >= 4 is 0 Å². The number of H-pyrrole nitrogens is 1. The molecule has 0 aromatic carbocycles. The van der Waals surface area contributed by atoms with Crippen molar-refractivity contribution in [2.24, 2.45) is 0 Å². The fourth-order valence-electron chi connectivity index (χ4n) is 4.23. The molecule has 0 atom stereocenters. The minimum Gasteiger partial charge on any atom is -0.379 e. The Morgan fingerprint density at radius 3 is 2.70 bits per heavy atom. The maximum atomic E-state index is 5.48. The highest BCUT2D eigenvalue weighted by atomic mass is 16.5. The minimum atomic E-state index is 0.691. The summed E-state index contributed by atoms with van der Waals surface area (Å²) < 4.78 is 5.48. The van der Waals surface area contributed by atoms with Crippen LogP contribution in [0.25, 0.3) is 0 Å². The van der Waals surface area contributed by atoms with Crippen LogP contribution in [-0.2, 0) is 11.3 Å². The van der Waals surface area contributed by atoms with E-state index in [1.165, 1.54) is 43.4 Å². The molecule has 2 heterocycles. The molecule has 0 bridgehead atoms. The van der Waals surface area contributed by atoms with Crippen LogP contribution in [0.2, 0.25) is 0 Å². The van der Waals surface area contributed by atoms with Gasteiger partial charge in [0.05, 0.1) is 25.1 Å². The Labute approximate surface area is 140 Å². The van der Waals surface area contributed by atoms with E-state index in [1.807, 2.05) is 0 Å². The van der Waals surface area contributed by atoms with Crippen LogP contribution < -0.4 is 0 Å². The lowest BCUT2D eigenvalue weighted by molar-refractivity contribution is 0.00727. The van der Waals surface area contributed by atoms with Crippen LogP contribution >= 0.6 is 0 Å². The molecule has 0 unspecified atom stereocenters. The van der Waals surface area contributed by atoms with Gasteiger partial charge in [0.15, 0.2) is 0 Å². The molecule has 1 aliphatic carbocycles. The SMILES string of the molecule is CCCN(C)Cc1[nH]ncc1C1CCC(N2CCOCC2)CC1. The lowest BCUT2D eigenvalue weighted by Gasteiger charge is -2.38. The molecular formula is C18H32N4O. The van der Waals surface area contributed by atoms with Gasteiger partial charge in [-0.25, -0.2) is 0 Å². The van der Waals surface area contributed by atoms with Crippen LogP contribution in [0.4, 0.5) is 0 Å². The standard InChI is InChI=1S/C18H32N4O/c1-3-8-21(2)14-18-17(13-19-20-18)15-4-6-16(7-5-15)22-9-11-23-12-10-22/h13,15-16H,3-12,14H2,1-2H3,(H,19,20). The van der Waals surface area contributed by atoms with Crippen molar-refractivity contribution in [2.75, 3.05) is 39.9 Å². The number of rotatable bonds is 6. The van der Waals surface area contributed by atoms with Gasteiger partial charge in [0, 0.05) is 25.7 Å². The maximum absolute atomic E-state index is 5.48. The van der Waals surface area contributed by atoms with E-state index in [0.717, 1.165) is 45.4 Å². The number of morpholine rings is 1. The molecule has 2 fully saturated rings. The normalized spacial score (nSPS) is 26.7. The van der Waals surface area contributed by atoms with Gasteiger partial charge in [-0.2, -0.15) is 5.10 Å². The summed E-state index contributed by atoms with van der Waals surface area (Å²) in [5, 5.41) is 7.59. The van der Waals surface area contributed by atoms with Crippen LogP contribution in [0.3, 0.4) is 0 Å². The molecule has 1 saturated carbocycles. The van der Waals surface area contributed by atoms with Gasteiger partial charge in [0.1, 0.15) is 0 Å². The summed E-state index contributed by atoms with van der Waals surface area (Å²) in [4.78, 5) is 5.03. The number of nitrogens with one attached hydrogen (secondary N) is 1. The summed E-state index contributed by atoms with van der Waals surface area (Å²) in [6, 6.07) is 0.772. The van der Waals surface area contributed by atoms with E-state index in [1.54, 1.807) is 0 Å². The molecule has 1 saturated heterocycles. The molecule has 1 aliphatic heterocycles. The van der Waals surface area contributed by atoms with E-state index in [2.05, 4.69) is 40.2 Å². The van der Waals surface area contributed by atoms with Gasteiger partial charge in [-0.05, 0) is 57.2 Å². The summed E-state index contributed by atoms with van der Waals surface area (Å²) in [5.74, 6) is 0.691. The first-order valence-electron chi connectivity index (χ1n) is 9.30. The zero-order valence-electron chi connectivity index (χ0n) is 14.8. The smallest absolute Gasteiger partial charge is 0.0594 e. The van der Waals surface area contributed by atoms with Crippen molar-refractivity contribution in [3.05, 3.63) is 17.5 Å². The lowest BCUT2D eigenvalue weighted by atomic mass is 9.81. The number of aromatic amines is 1. The van der Waals surface area contributed by atoms with Gasteiger partial charge in [-0.15, -0.1) is 0 Å². The van der Waals surface area contributed by atoms with Gasteiger partial charge in [-0.1, -0.05) is 6.92 Å². The molecule has 5 nitrogen and oxygen atoms in total. The van der Waals surface area contributed by atoms with Gasteiger partial charge >= 0.3 is 0 Å². The number of hydrogen-bond donors (Lipinski definition) is 1. The number of aromatic nitrogens is 2. The van der Waals surface area contributed by atoms with E-state index >= 15 is 0 Å².